The number of aliphatic hydroxyl groups excluding tert-OH is 1. The van der Waals surface area contributed by atoms with E-state index in [0.29, 0.717) is 31.6 Å². The smallest absolute Gasteiger partial charge is 0.227 e. The minimum absolute atomic E-state index is 0.0456. The van der Waals surface area contributed by atoms with Crippen molar-refractivity contribution in [2.75, 3.05) is 25.7 Å². The molecule has 0 bridgehead atoms. The van der Waals surface area contributed by atoms with Gasteiger partial charge in [0.1, 0.15) is 11.5 Å². The van der Waals surface area contributed by atoms with Crippen molar-refractivity contribution in [2.24, 2.45) is 0 Å². The highest BCUT2D eigenvalue weighted by Crippen LogP contribution is 2.36. The summed E-state index contributed by atoms with van der Waals surface area (Å²) in [5.74, 6) is 1.53. The van der Waals surface area contributed by atoms with Gasteiger partial charge in [-0.2, -0.15) is 0 Å². The Balaban J connectivity index is 1.76. The van der Waals surface area contributed by atoms with Gasteiger partial charge in [0.2, 0.25) is 5.91 Å². The Morgan fingerprint density at radius 1 is 1.20 bits per heavy atom. The van der Waals surface area contributed by atoms with Gasteiger partial charge >= 0.3 is 0 Å². The lowest BCUT2D eigenvalue weighted by Crippen LogP contribution is -2.36. The molecular weight excluding hydrogens is 318 g/mol. The third-order valence-electron chi connectivity index (χ3n) is 4.61. The molecule has 2 aromatic carbocycles. The molecule has 1 unspecified atom stereocenters. The molecule has 25 heavy (non-hydrogen) atoms. The molecule has 1 atom stereocenters. The lowest BCUT2D eigenvalue weighted by Gasteiger charge is -2.32. The number of aryl methyl sites for hydroxylation is 1. The molecule has 0 aromatic heterocycles. The van der Waals surface area contributed by atoms with Crippen LogP contribution >= 0.6 is 0 Å². The minimum atomic E-state index is -0.566. The summed E-state index contributed by atoms with van der Waals surface area (Å²) in [6, 6.07) is 13.2. The number of para-hydroxylation sites is 1. The van der Waals surface area contributed by atoms with Crippen LogP contribution < -0.4 is 14.4 Å². The zero-order chi connectivity index (χ0) is 17.8. The number of ether oxygens (including phenoxy) is 2. The number of hydrogen-bond donors (Lipinski definition) is 1. The molecule has 0 saturated heterocycles. The summed E-state index contributed by atoms with van der Waals surface area (Å²) in [5.41, 5.74) is 2.53. The van der Waals surface area contributed by atoms with Crippen LogP contribution in [0.1, 0.15) is 30.1 Å². The number of nitrogens with zero attached hydrogens (tertiary/aromatic N) is 1. The summed E-state index contributed by atoms with van der Waals surface area (Å²) in [7, 11) is 3.23. The van der Waals surface area contributed by atoms with Crippen LogP contribution in [-0.4, -0.2) is 31.8 Å². The SMILES string of the molecule is COc1ccc2c(c1)C(O)CCN2C(=O)CCc1ccccc1OC. The van der Waals surface area contributed by atoms with Gasteiger partial charge in [0.25, 0.3) is 0 Å². The second-order valence-corrected chi connectivity index (χ2v) is 6.09. The van der Waals surface area contributed by atoms with Crippen molar-refractivity contribution in [1.82, 2.24) is 0 Å². The Morgan fingerprint density at radius 2 is 2.00 bits per heavy atom. The number of carbonyl (C=O) groups excluding carboxylic acids is 1. The summed E-state index contributed by atoms with van der Waals surface area (Å²) in [6.45, 7) is 0.519. The highest BCUT2D eigenvalue weighted by Gasteiger charge is 2.27. The number of hydrogen-bond acceptors (Lipinski definition) is 4. The number of methoxy groups -OCH3 is 2. The van der Waals surface area contributed by atoms with Crippen molar-refractivity contribution in [3.05, 3.63) is 53.6 Å². The molecule has 2 aromatic rings. The zero-order valence-corrected chi connectivity index (χ0v) is 14.6. The van der Waals surface area contributed by atoms with Crippen molar-refractivity contribution in [3.63, 3.8) is 0 Å². The van der Waals surface area contributed by atoms with E-state index in [9.17, 15) is 9.90 Å². The van der Waals surface area contributed by atoms with E-state index in [1.54, 1.807) is 25.2 Å². The largest absolute Gasteiger partial charge is 0.497 e. The third-order valence-corrected chi connectivity index (χ3v) is 4.61. The number of anilines is 1. The van der Waals surface area contributed by atoms with Gasteiger partial charge in [-0.3, -0.25) is 4.79 Å². The van der Waals surface area contributed by atoms with Crippen LogP contribution in [0.15, 0.2) is 42.5 Å². The first-order chi connectivity index (χ1) is 12.1. The van der Waals surface area contributed by atoms with Crippen molar-refractivity contribution >= 4 is 11.6 Å². The van der Waals surface area contributed by atoms with Gasteiger partial charge in [-0.25, -0.2) is 0 Å². The van der Waals surface area contributed by atoms with Crippen LogP contribution in [0, 0.1) is 0 Å². The standard InChI is InChI=1S/C20H23NO4/c1-24-15-8-9-17-16(13-15)18(22)11-12-21(17)20(23)10-7-14-5-3-4-6-19(14)25-2/h3-6,8-9,13,18,22H,7,10-12H2,1-2H3. The van der Waals surface area contributed by atoms with Crippen LogP contribution in [0.5, 0.6) is 11.5 Å². The molecule has 132 valence electrons. The predicted molar refractivity (Wildman–Crippen MR) is 96.2 cm³/mol. The number of carbonyl (C=O) groups is 1. The second-order valence-electron chi connectivity index (χ2n) is 6.09. The van der Waals surface area contributed by atoms with Gasteiger partial charge in [-0.15, -0.1) is 0 Å². The summed E-state index contributed by atoms with van der Waals surface area (Å²) < 4.78 is 10.6. The topological polar surface area (TPSA) is 59.0 Å². The fourth-order valence-corrected chi connectivity index (χ4v) is 3.24. The molecule has 0 aliphatic carbocycles. The van der Waals surface area contributed by atoms with E-state index in [4.69, 9.17) is 9.47 Å². The van der Waals surface area contributed by atoms with Gasteiger partial charge in [0.15, 0.2) is 0 Å². The maximum atomic E-state index is 12.8. The van der Waals surface area contributed by atoms with Crippen LogP contribution in [-0.2, 0) is 11.2 Å². The number of amides is 1. The number of benzene rings is 2. The zero-order valence-electron chi connectivity index (χ0n) is 14.6. The highest BCUT2D eigenvalue weighted by molar-refractivity contribution is 5.95. The van der Waals surface area contributed by atoms with Gasteiger partial charge in [0, 0.05) is 24.2 Å². The van der Waals surface area contributed by atoms with E-state index in [2.05, 4.69) is 0 Å². The Bertz CT molecular complexity index is 759. The van der Waals surface area contributed by atoms with Gasteiger partial charge in [-0.1, -0.05) is 18.2 Å². The molecule has 5 nitrogen and oxygen atoms in total. The van der Waals surface area contributed by atoms with Crippen LogP contribution in [0.2, 0.25) is 0 Å². The lowest BCUT2D eigenvalue weighted by atomic mass is 9.97. The van der Waals surface area contributed by atoms with Crippen LogP contribution in [0.3, 0.4) is 0 Å². The Morgan fingerprint density at radius 3 is 2.76 bits per heavy atom. The summed E-state index contributed by atoms with van der Waals surface area (Å²) in [6.07, 6.45) is 0.971. The minimum Gasteiger partial charge on any atom is -0.497 e. The number of fused-ring (bicyclic) bond motifs is 1. The molecule has 1 N–H and O–H groups in total. The van der Waals surface area contributed by atoms with Crippen molar-refractivity contribution < 1.29 is 19.4 Å². The van der Waals surface area contributed by atoms with Crippen molar-refractivity contribution in [2.45, 2.75) is 25.4 Å². The summed E-state index contributed by atoms with van der Waals surface area (Å²) in [5, 5.41) is 10.2. The average molecular weight is 341 g/mol. The summed E-state index contributed by atoms with van der Waals surface area (Å²) >= 11 is 0. The van der Waals surface area contributed by atoms with Gasteiger partial charge < -0.3 is 19.5 Å². The van der Waals surface area contributed by atoms with Gasteiger partial charge in [0.05, 0.1) is 20.3 Å². The van der Waals surface area contributed by atoms with Crippen LogP contribution in [0.4, 0.5) is 5.69 Å². The highest BCUT2D eigenvalue weighted by atomic mass is 16.5. The second kappa shape index (κ2) is 7.57. The van der Waals surface area contributed by atoms with Gasteiger partial charge in [-0.05, 0) is 42.7 Å². The Hall–Kier alpha value is -2.53. The first-order valence-electron chi connectivity index (χ1n) is 8.42. The molecule has 0 spiro atoms. The van der Waals surface area contributed by atoms with E-state index in [1.165, 1.54) is 0 Å². The van der Waals surface area contributed by atoms with E-state index in [0.717, 1.165) is 22.6 Å². The Kier molecular flexibility index (Phi) is 5.24. The molecular formula is C20H23NO4. The fourth-order valence-electron chi connectivity index (χ4n) is 3.24. The molecule has 1 aliphatic rings. The maximum Gasteiger partial charge on any atom is 0.227 e. The molecule has 1 heterocycles. The normalized spacial score (nSPS) is 16.3. The van der Waals surface area contributed by atoms with E-state index >= 15 is 0 Å². The van der Waals surface area contributed by atoms with Crippen molar-refractivity contribution in [3.8, 4) is 11.5 Å². The number of aliphatic hydroxyl groups is 1. The molecule has 0 fully saturated rings. The van der Waals surface area contributed by atoms with Crippen LogP contribution in [0.25, 0.3) is 0 Å². The number of rotatable bonds is 5. The van der Waals surface area contributed by atoms with E-state index < -0.39 is 6.10 Å². The Labute approximate surface area is 147 Å². The first kappa shape index (κ1) is 17.3. The monoisotopic (exact) mass is 341 g/mol. The average Bonchev–Trinajstić information content (AvgIpc) is 2.66. The predicted octanol–water partition coefficient (Wildman–Crippen LogP) is 3.11. The summed E-state index contributed by atoms with van der Waals surface area (Å²) in [4.78, 5) is 14.5. The molecule has 3 rings (SSSR count). The third kappa shape index (κ3) is 3.61. The molecule has 1 amide bonds. The molecule has 5 heteroatoms. The molecule has 0 radical (unpaired) electrons. The van der Waals surface area contributed by atoms with E-state index in [1.807, 2.05) is 36.4 Å². The van der Waals surface area contributed by atoms with E-state index in [-0.39, 0.29) is 5.91 Å². The lowest BCUT2D eigenvalue weighted by molar-refractivity contribution is -0.118. The quantitative estimate of drug-likeness (QED) is 0.908. The molecule has 1 aliphatic heterocycles. The molecule has 0 saturated carbocycles. The van der Waals surface area contributed by atoms with Crippen molar-refractivity contribution in [1.29, 1.82) is 0 Å². The first-order valence-corrected chi connectivity index (χ1v) is 8.42. The fraction of sp³-hybridized carbons (Fsp3) is 0.350. The maximum absolute atomic E-state index is 12.8.